The van der Waals surface area contributed by atoms with Gasteiger partial charge in [-0.1, -0.05) is 36.4 Å². The van der Waals surface area contributed by atoms with Gasteiger partial charge >= 0.3 is 0 Å². The summed E-state index contributed by atoms with van der Waals surface area (Å²) in [6.45, 7) is 0. The molecule has 0 aliphatic heterocycles. The first-order valence-corrected chi connectivity index (χ1v) is 13.8. The van der Waals surface area contributed by atoms with Crippen LogP contribution in [0.5, 0.6) is 0 Å². The molecule has 6 nitrogen and oxygen atoms in total. The van der Waals surface area contributed by atoms with Gasteiger partial charge in [0, 0.05) is 42.0 Å². The third-order valence-electron chi connectivity index (χ3n) is 5.77. The average Bonchev–Trinajstić information content (AvgIpc) is 2.94. The third-order valence-corrected chi connectivity index (χ3v) is 7.65. The Hall–Kier alpha value is -3.64. The van der Waals surface area contributed by atoms with Crippen molar-refractivity contribution in [2.75, 3.05) is 10.6 Å². The van der Waals surface area contributed by atoms with Crippen molar-refractivity contribution < 1.29 is 9.59 Å². The van der Waals surface area contributed by atoms with Crippen molar-refractivity contribution in [3.05, 3.63) is 128 Å². The Morgan fingerprint density at radius 3 is 1.39 bits per heavy atom. The van der Waals surface area contributed by atoms with Crippen LogP contribution in [0.25, 0.3) is 22.5 Å². The van der Waals surface area contributed by atoms with Gasteiger partial charge in [0.05, 0.1) is 11.1 Å². The average molecular weight is 722 g/mol. The summed E-state index contributed by atoms with van der Waals surface area (Å²) in [5.74, 6) is 0.296. The minimum absolute atomic E-state index is 0.143. The number of nitrogens with zero attached hydrogens (tertiary/aromatic N) is 2. The fraction of sp³-hybridized carbons (Fsp3) is 0. The van der Waals surface area contributed by atoms with Gasteiger partial charge in [-0.2, -0.15) is 0 Å². The molecule has 2 N–H and O–H groups in total. The molecule has 0 saturated carbocycles. The van der Waals surface area contributed by atoms with Gasteiger partial charge in [0.1, 0.15) is 0 Å². The summed E-state index contributed by atoms with van der Waals surface area (Å²) in [6, 6.07) is 29.9. The number of carbonyl (C=O) groups excluding carboxylic acids is 2. The first-order valence-electron chi connectivity index (χ1n) is 11.6. The van der Waals surface area contributed by atoms with E-state index in [2.05, 4.69) is 65.8 Å². The minimum Gasteiger partial charge on any atom is -0.322 e. The van der Waals surface area contributed by atoms with Crippen LogP contribution in [-0.4, -0.2) is 21.8 Å². The molecular weight excluding hydrogens is 702 g/mol. The molecule has 4 aromatic carbocycles. The first-order chi connectivity index (χ1) is 18.5. The van der Waals surface area contributed by atoms with E-state index in [9.17, 15) is 9.59 Å². The molecule has 5 rings (SSSR count). The van der Waals surface area contributed by atoms with E-state index in [-0.39, 0.29) is 11.8 Å². The molecule has 0 bridgehead atoms. The predicted molar refractivity (Wildman–Crippen MR) is 167 cm³/mol. The number of rotatable bonds is 6. The summed E-state index contributed by atoms with van der Waals surface area (Å²) in [4.78, 5) is 34.2. The molecule has 0 aliphatic rings. The Balaban J connectivity index is 1.23. The zero-order chi connectivity index (χ0) is 26.5. The smallest absolute Gasteiger partial charge is 0.256 e. The number of hydrogen-bond donors (Lipinski definition) is 2. The van der Waals surface area contributed by atoms with E-state index < -0.39 is 0 Å². The highest BCUT2D eigenvalue weighted by Gasteiger charge is 2.11. The largest absolute Gasteiger partial charge is 0.322 e. The van der Waals surface area contributed by atoms with E-state index in [1.54, 1.807) is 24.5 Å². The van der Waals surface area contributed by atoms with Gasteiger partial charge in [0.25, 0.3) is 11.8 Å². The van der Waals surface area contributed by atoms with E-state index in [1.807, 2.05) is 84.9 Å². The van der Waals surface area contributed by atoms with Crippen molar-refractivity contribution in [3.63, 3.8) is 0 Å². The number of aromatic nitrogens is 2. The van der Waals surface area contributed by atoms with E-state index in [0.717, 1.165) is 23.8 Å². The van der Waals surface area contributed by atoms with Crippen molar-refractivity contribution in [1.29, 1.82) is 0 Å². The van der Waals surface area contributed by atoms with Crippen LogP contribution in [0, 0.1) is 7.14 Å². The Labute approximate surface area is 247 Å². The van der Waals surface area contributed by atoms with Gasteiger partial charge in [-0.05, 0) is 111 Å². The highest BCUT2D eigenvalue weighted by atomic mass is 127. The van der Waals surface area contributed by atoms with Crippen LogP contribution in [0.4, 0.5) is 11.4 Å². The zero-order valence-corrected chi connectivity index (χ0v) is 24.2. The lowest BCUT2D eigenvalue weighted by molar-refractivity contribution is 0.101. The van der Waals surface area contributed by atoms with E-state index in [4.69, 9.17) is 0 Å². The summed E-state index contributed by atoms with van der Waals surface area (Å²) in [5.41, 5.74) is 5.34. The summed E-state index contributed by atoms with van der Waals surface area (Å²) in [5, 5.41) is 5.86. The molecule has 8 heteroatoms. The van der Waals surface area contributed by atoms with Crippen LogP contribution in [-0.2, 0) is 0 Å². The molecule has 0 spiro atoms. The molecule has 38 heavy (non-hydrogen) atoms. The zero-order valence-electron chi connectivity index (χ0n) is 19.9. The number of nitrogens with one attached hydrogen (secondary N) is 2. The predicted octanol–water partition coefficient (Wildman–Crippen LogP) is 7.52. The van der Waals surface area contributed by atoms with E-state index in [1.165, 1.54) is 0 Å². The SMILES string of the molecule is O=C(Nc1ccc(-c2cnc(-c3ccc(NC(=O)c4ccccc4I)cc3)nc2)cc1)c1ccccc1I. The fourth-order valence-electron chi connectivity index (χ4n) is 3.76. The second kappa shape index (κ2) is 11.8. The standard InChI is InChI=1S/C30H20I2N4O2/c31-26-7-3-1-5-24(26)29(37)35-22-13-9-19(10-14-22)21-17-33-28(34-18-21)20-11-15-23(16-12-20)36-30(38)25-6-2-4-8-27(25)32/h1-18H,(H,35,37)(H,36,38). The molecule has 5 aromatic rings. The normalized spacial score (nSPS) is 10.6. The molecule has 0 atom stereocenters. The van der Waals surface area contributed by atoms with Crippen molar-refractivity contribution in [3.8, 4) is 22.5 Å². The summed E-state index contributed by atoms with van der Waals surface area (Å²) >= 11 is 4.31. The molecule has 186 valence electrons. The Bertz CT molecular complexity index is 1480. The second-order valence-electron chi connectivity index (χ2n) is 8.32. The van der Waals surface area contributed by atoms with Crippen LogP contribution in [0.15, 0.2) is 109 Å². The lowest BCUT2D eigenvalue weighted by atomic mass is 10.1. The maximum Gasteiger partial charge on any atom is 0.256 e. The van der Waals surface area contributed by atoms with Crippen molar-refractivity contribution in [1.82, 2.24) is 9.97 Å². The molecule has 0 unspecified atom stereocenters. The maximum atomic E-state index is 12.6. The number of anilines is 2. The van der Waals surface area contributed by atoms with Gasteiger partial charge < -0.3 is 10.6 Å². The van der Waals surface area contributed by atoms with Crippen LogP contribution in [0.2, 0.25) is 0 Å². The van der Waals surface area contributed by atoms with Crippen LogP contribution >= 0.6 is 45.2 Å². The minimum atomic E-state index is -0.149. The van der Waals surface area contributed by atoms with Crippen LogP contribution in [0.1, 0.15) is 20.7 Å². The lowest BCUT2D eigenvalue weighted by Gasteiger charge is -2.09. The molecule has 1 heterocycles. The second-order valence-corrected chi connectivity index (χ2v) is 10.6. The number of halogens is 2. The third kappa shape index (κ3) is 6.08. The molecule has 1 aromatic heterocycles. The summed E-state index contributed by atoms with van der Waals surface area (Å²) < 4.78 is 1.80. The van der Waals surface area contributed by atoms with Crippen molar-refractivity contribution in [2.45, 2.75) is 0 Å². The number of amides is 2. The molecule has 2 amide bonds. The van der Waals surface area contributed by atoms with Crippen molar-refractivity contribution in [2.24, 2.45) is 0 Å². The first kappa shape index (κ1) is 26.0. The fourth-order valence-corrected chi connectivity index (χ4v) is 5.03. The lowest BCUT2D eigenvalue weighted by Crippen LogP contribution is -2.13. The van der Waals surface area contributed by atoms with E-state index >= 15 is 0 Å². The molecule has 0 aliphatic carbocycles. The van der Waals surface area contributed by atoms with Crippen molar-refractivity contribution >= 4 is 68.4 Å². The highest BCUT2D eigenvalue weighted by Crippen LogP contribution is 2.24. The number of carbonyl (C=O) groups is 2. The topological polar surface area (TPSA) is 84.0 Å². The Morgan fingerprint density at radius 2 is 0.947 bits per heavy atom. The maximum absolute atomic E-state index is 12.6. The van der Waals surface area contributed by atoms with Gasteiger partial charge in [-0.15, -0.1) is 0 Å². The van der Waals surface area contributed by atoms with E-state index in [0.29, 0.717) is 28.3 Å². The van der Waals surface area contributed by atoms with Gasteiger partial charge in [-0.25, -0.2) is 9.97 Å². The summed E-state index contributed by atoms with van der Waals surface area (Å²) in [6.07, 6.45) is 3.55. The van der Waals surface area contributed by atoms with Gasteiger partial charge in [0.2, 0.25) is 0 Å². The molecule has 0 fully saturated rings. The molecular formula is C30H20I2N4O2. The van der Waals surface area contributed by atoms with Gasteiger partial charge in [-0.3, -0.25) is 9.59 Å². The quantitative estimate of drug-likeness (QED) is 0.178. The van der Waals surface area contributed by atoms with Crippen LogP contribution in [0.3, 0.4) is 0 Å². The highest BCUT2D eigenvalue weighted by molar-refractivity contribution is 14.1. The number of hydrogen-bond acceptors (Lipinski definition) is 4. The number of benzene rings is 4. The van der Waals surface area contributed by atoms with Crippen LogP contribution < -0.4 is 10.6 Å². The van der Waals surface area contributed by atoms with Gasteiger partial charge in [0.15, 0.2) is 5.82 Å². The summed E-state index contributed by atoms with van der Waals surface area (Å²) in [7, 11) is 0. The monoisotopic (exact) mass is 722 g/mol. The molecule has 0 radical (unpaired) electrons. The Morgan fingerprint density at radius 1 is 0.526 bits per heavy atom. The Kier molecular flexibility index (Phi) is 8.08. The molecule has 0 saturated heterocycles.